The van der Waals surface area contributed by atoms with Crippen molar-refractivity contribution in [3.63, 3.8) is 0 Å². The summed E-state index contributed by atoms with van der Waals surface area (Å²) in [6, 6.07) is 5.22. The molecule has 0 unspecified atom stereocenters. The molecule has 0 atom stereocenters. The Morgan fingerprint density at radius 2 is 1.94 bits per heavy atom. The number of hydrogen-bond acceptors (Lipinski definition) is 2. The maximum Gasteiger partial charge on any atom is 0.253 e. The highest BCUT2D eigenvalue weighted by Crippen LogP contribution is 2.28. The van der Waals surface area contributed by atoms with Crippen molar-refractivity contribution in [2.24, 2.45) is 0 Å². The molecule has 0 fully saturated rings. The maximum absolute atomic E-state index is 11.7. The lowest BCUT2D eigenvalue weighted by Gasteiger charge is -2.20. The molecule has 0 aliphatic heterocycles. The van der Waals surface area contributed by atoms with E-state index in [4.69, 9.17) is 0 Å². The first-order chi connectivity index (χ1) is 7.23. The van der Waals surface area contributed by atoms with Crippen LogP contribution in [0.5, 0.6) is 0 Å². The quantitative estimate of drug-likeness (QED) is 0.906. The molecule has 4 heteroatoms. The second-order valence-electron chi connectivity index (χ2n) is 4.45. The van der Waals surface area contributed by atoms with Crippen LogP contribution in [-0.2, 0) is 5.60 Å². The molecule has 0 aliphatic carbocycles. The van der Waals surface area contributed by atoms with Crippen LogP contribution in [-0.4, -0.2) is 30.0 Å². The second kappa shape index (κ2) is 4.55. The van der Waals surface area contributed by atoms with E-state index in [9.17, 15) is 9.90 Å². The van der Waals surface area contributed by atoms with E-state index in [0.29, 0.717) is 5.56 Å². The third-order valence-electron chi connectivity index (χ3n) is 2.28. The highest BCUT2D eigenvalue weighted by Gasteiger charge is 2.20. The van der Waals surface area contributed by atoms with E-state index >= 15 is 0 Å². The molecule has 0 radical (unpaired) electrons. The van der Waals surface area contributed by atoms with E-state index in [1.807, 2.05) is 0 Å². The van der Waals surface area contributed by atoms with Crippen molar-refractivity contribution >= 4 is 21.8 Å². The third kappa shape index (κ3) is 2.83. The van der Waals surface area contributed by atoms with Crippen molar-refractivity contribution in [2.45, 2.75) is 19.4 Å². The van der Waals surface area contributed by atoms with E-state index in [-0.39, 0.29) is 5.91 Å². The van der Waals surface area contributed by atoms with E-state index < -0.39 is 5.60 Å². The van der Waals surface area contributed by atoms with E-state index in [1.165, 1.54) is 4.90 Å². The summed E-state index contributed by atoms with van der Waals surface area (Å²) in [5.41, 5.74) is 0.450. The van der Waals surface area contributed by atoms with Gasteiger partial charge < -0.3 is 10.0 Å². The number of carbonyl (C=O) groups is 1. The second-order valence-corrected chi connectivity index (χ2v) is 5.31. The van der Waals surface area contributed by atoms with Gasteiger partial charge in [-0.25, -0.2) is 0 Å². The smallest absolute Gasteiger partial charge is 0.253 e. The third-order valence-corrected chi connectivity index (χ3v) is 2.94. The standard InChI is InChI=1S/C12H16BrNO2/c1-12(2,16)9-6-5-8(7-10(9)13)11(15)14(3)4/h5-7,16H,1-4H3. The van der Waals surface area contributed by atoms with Crippen LogP contribution in [0.25, 0.3) is 0 Å². The van der Waals surface area contributed by atoms with Crippen LogP contribution in [0.1, 0.15) is 29.8 Å². The Labute approximate surface area is 104 Å². The molecule has 1 N–H and O–H groups in total. The van der Waals surface area contributed by atoms with Gasteiger partial charge in [0.25, 0.3) is 5.91 Å². The molecule has 0 aliphatic rings. The average molecular weight is 286 g/mol. The van der Waals surface area contributed by atoms with Gasteiger partial charge in [0.05, 0.1) is 5.60 Å². The van der Waals surface area contributed by atoms with Crippen LogP contribution in [0.15, 0.2) is 22.7 Å². The zero-order valence-corrected chi connectivity index (χ0v) is 11.5. The van der Waals surface area contributed by atoms with Crippen LogP contribution in [0.3, 0.4) is 0 Å². The monoisotopic (exact) mass is 285 g/mol. The fourth-order valence-corrected chi connectivity index (χ4v) is 2.27. The first kappa shape index (κ1) is 13.2. The molecule has 0 heterocycles. The van der Waals surface area contributed by atoms with Crippen molar-refractivity contribution in [3.05, 3.63) is 33.8 Å². The van der Waals surface area contributed by atoms with Crippen molar-refractivity contribution < 1.29 is 9.90 Å². The van der Waals surface area contributed by atoms with Crippen molar-refractivity contribution in [2.75, 3.05) is 14.1 Å². The molecule has 0 saturated carbocycles. The molecular formula is C12H16BrNO2. The van der Waals surface area contributed by atoms with Gasteiger partial charge in [-0.3, -0.25) is 4.79 Å². The maximum atomic E-state index is 11.7. The molecule has 1 amide bonds. The van der Waals surface area contributed by atoms with Gasteiger partial charge in [-0.05, 0) is 31.5 Å². The van der Waals surface area contributed by atoms with Gasteiger partial charge in [-0.15, -0.1) is 0 Å². The summed E-state index contributed by atoms with van der Waals surface area (Å²) < 4.78 is 0.743. The summed E-state index contributed by atoms with van der Waals surface area (Å²) in [5, 5.41) is 9.88. The number of rotatable bonds is 2. The summed E-state index contributed by atoms with van der Waals surface area (Å²) in [6.45, 7) is 3.42. The largest absolute Gasteiger partial charge is 0.386 e. The fraction of sp³-hybridized carbons (Fsp3) is 0.417. The number of benzene rings is 1. The fourth-order valence-electron chi connectivity index (χ4n) is 1.40. The summed E-state index contributed by atoms with van der Waals surface area (Å²) >= 11 is 3.37. The lowest BCUT2D eigenvalue weighted by atomic mass is 9.97. The SMILES string of the molecule is CN(C)C(=O)c1ccc(C(C)(C)O)c(Br)c1. The van der Waals surface area contributed by atoms with Crippen LogP contribution in [0, 0.1) is 0 Å². The highest BCUT2D eigenvalue weighted by molar-refractivity contribution is 9.10. The van der Waals surface area contributed by atoms with Crippen LogP contribution >= 0.6 is 15.9 Å². The molecule has 1 aromatic carbocycles. The zero-order chi connectivity index (χ0) is 12.5. The minimum atomic E-state index is -0.918. The van der Waals surface area contributed by atoms with Gasteiger partial charge >= 0.3 is 0 Å². The van der Waals surface area contributed by atoms with Gasteiger partial charge in [-0.1, -0.05) is 22.0 Å². The lowest BCUT2D eigenvalue weighted by Crippen LogP contribution is -2.22. The van der Waals surface area contributed by atoms with Gasteiger partial charge in [-0.2, -0.15) is 0 Å². The number of aliphatic hydroxyl groups is 1. The lowest BCUT2D eigenvalue weighted by molar-refractivity contribution is 0.0771. The van der Waals surface area contributed by atoms with E-state index in [2.05, 4.69) is 15.9 Å². The van der Waals surface area contributed by atoms with Gasteiger partial charge in [0, 0.05) is 24.1 Å². The minimum Gasteiger partial charge on any atom is -0.386 e. The number of halogens is 1. The number of carbonyl (C=O) groups excluding carboxylic acids is 1. The number of nitrogens with zero attached hydrogens (tertiary/aromatic N) is 1. The average Bonchev–Trinajstić information content (AvgIpc) is 2.14. The normalized spacial score (nSPS) is 11.4. The Morgan fingerprint density at radius 3 is 2.31 bits per heavy atom. The van der Waals surface area contributed by atoms with E-state index in [0.717, 1.165) is 10.0 Å². The Bertz CT molecular complexity index is 408. The summed E-state index contributed by atoms with van der Waals surface area (Å²) in [7, 11) is 3.42. The molecule has 1 rings (SSSR count). The Morgan fingerprint density at radius 1 is 1.38 bits per heavy atom. The Kier molecular flexibility index (Phi) is 3.76. The van der Waals surface area contributed by atoms with Crippen LogP contribution in [0.4, 0.5) is 0 Å². The van der Waals surface area contributed by atoms with Crippen LogP contribution < -0.4 is 0 Å². The molecule has 88 valence electrons. The van der Waals surface area contributed by atoms with Gasteiger partial charge in [0.2, 0.25) is 0 Å². The highest BCUT2D eigenvalue weighted by atomic mass is 79.9. The van der Waals surface area contributed by atoms with Crippen LogP contribution in [0.2, 0.25) is 0 Å². The predicted octanol–water partition coefficient (Wildman–Crippen LogP) is 2.38. The number of amides is 1. The molecule has 1 aromatic rings. The predicted molar refractivity (Wildman–Crippen MR) is 67.4 cm³/mol. The van der Waals surface area contributed by atoms with Crippen molar-refractivity contribution in [1.82, 2.24) is 4.90 Å². The summed E-state index contributed by atoms with van der Waals surface area (Å²) in [5.74, 6) is -0.0528. The van der Waals surface area contributed by atoms with Crippen molar-refractivity contribution in [3.8, 4) is 0 Å². The molecule has 3 nitrogen and oxygen atoms in total. The molecule has 16 heavy (non-hydrogen) atoms. The summed E-state index contributed by atoms with van der Waals surface area (Å²) in [4.78, 5) is 13.2. The molecule has 0 aromatic heterocycles. The topological polar surface area (TPSA) is 40.5 Å². The van der Waals surface area contributed by atoms with Gasteiger partial charge in [0.15, 0.2) is 0 Å². The zero-order valence-electron chi connectivity index (χ0n) is 9.91. The summed E-state index contributed by atoms with van der Waals surface area (Å²) in [6.07, 6.45) is 0. The molecule has 0 bridgehead atoms. The molecule has 0 saturated heterocycles. The Balaban J connectivity index is 3.15. The molecular weight excluding hydrogens is 270 g/mol. The first-order valence-electron chi connectivity index (χ1n) is 4.97. The van der Waals surface area contributed by atoms with Gasteiger partial charge in [0.1, 0.15) is 0 Å². The van der Waals surface area contributed by atoms with Crippen molar-refractivity contribution in [1.29, 1.82) is 0 Å². The molecule has 0 spiro atoms. The first-order valence-corrected chi connectivity index (χ1v) is 5.77. The Hall–Kier alpha value is -0.870. The minimum absolute atomic E-state index is 0.0528. The van der Waals surface area contributed by atoms with E-state index in [1.54, 1.807) is 46.1 Å². The number of hydrogen-bond donors (Lipinski definition) is 1.